The van der Waals surface area contributed by atoms with E-state index >= 15 is 0 Å². The monoisotopic (exact) mass is 364 g/mol. The standard InChI is InChI=1S/C21H20N2O4/c1-26-18-10-9-17(13-19(18)27-2)21(25)23-22-20(24)12-14-7-8-15-5-3-4-6-16(15)11-14/h3-11,13H,12H2,1-2H3,(H,22,24)(H,23,25). The molecule has 0 fully saturated rings. The number of amides is 2. The van der Waals surface area contributed by atoms with Crippen molar-refractivity contribution in [1.82, 2.24) is 10.9 Å². The summed E-state index contributed by atoms with van der Waals surface area (Å²) >= 11 is 0. The Morgan fingerprint density at radius 1 is 0.815 bits per heavy atom. The van der Waals surface area contributed by atoms with E-state index in [1.54, 1.807) is 18.2 Å². The van der Waals surface area contributed by atoms with Gasteiger partial charge >= 0.3 is 0 Å². The molecular weight excluding hydrogens is 344 g/mol. The number of ether oxygens (including phenoxy) is 2. The molecule has 0 spiro atoms. The second-order valence-corrected chi connectivity index (χ2v) is 5.93. The van der Waals surface area contributed by atoms with Crippen molar-refractivity contribution in [1.29, 1.82) is 0 Å². The first-order chi connectivity index (χ1) is 13.1. The van der Waals surface area contributed by atoms with Crippen LogP contribution in [0.2, 0.25) is 0 Å². The molecule has 0 aromatic heterocycles. The highest BCUT2D eigenvalue weighted by Crippen LogP contribution is 2.27. The van der Waals surface area contributed by atoms with Gasteiger partial charge in [0, 0.05) is 5.56 Å². The lowest BCUT2D eigenvalue weighted by atomic mass is 10.1. The molecule has 6 heteroatoms. The molecule has 0 aliphatic rings. The summed E-state index contributed by atoms with van der Waals surface area (Å²) in [5, 5.41) is 2.18. The Morgan fingerprint density at radius 2 is 1.56 bits per heavy atom. The molecule has 0 aliphatic carbocycles. The van der Waals surface area contributed by atoms with Crippen LogP contribution in [0, 0.1) is 0 Å². The molecule has 3 aromatic rings. The van der Waals surface area contributed by atoms with Crippen LogP contribution in [0.1, 0.15) is 15.9 Å². The topological polar surface area (TPSA) is 76.7 Å². The van der Waals surface area contributed by atoms with E-state index in [4.69, 9.17) is 9.47 Å². The smallest absolute Gasteiger partial charge is 0.269 e. The molecule has 3 aromatic carbocycles. The maximum Gasteiger partial charge on any atom is 0.269 e. The minimum Gasteiger partial charge on any atom is -0.493 e. The third kappa shape index (κ3) is 4.36. The Balaban J connectivity index is 1.60. The van der Waals surface area contributed by atoms with E-state index in [1.165, 1.54) is 14.2 Å². The summed E-state index contributed by atoms with van der Waals surface area (Å²) in [6.45, 7) is 0. The van der Waals surface area contributed by atoms with E-state index in [-0.39, 0.29) is 12.3 Å². The first-order valence-electron chi connectivity index (χ1n) is 8.39. The fourth-order valence-corrected chi connectivity index (χ4v) is 2.75. The van der Waals surface area contributed by atoms with E-state index in [2.05, 4.69) is 10.9 Å². The first-order valence-corrected chi connectivity index (χ1v) is 8.39. The minimum absolute atomic E-state index is 0.164. The maximum absolute atomic E-state index is 12.2. The molecule has 3 rings (SSSR count). The summed E-state index contributed by atoms with van der Waals surface area (Å²) < 4.78 is 10.3. The van der Waals surface area contributed by atoms with Crippen molar-refractivity contribution < 1.29 is 19.1 Å². The number of carbonyl (C=O) groups is 2. The van der Waals surface area contributed by atoms with Crippen LogP contribution in [0.4, 0.5) is 0 Å². The minimum atomic E-state index is -0.442. The fourth-order valence-electron chi connectivity index (χ4n) is 2.75. The summed E-state index contributed by atoms with van der Waals surface area (Å²) in [6, 6.07) is 18.5. The molecule has 0 radical (unpaired) electrons. The fraction of sp³-hybridized carbons (Fsp3) is 0.143. The van der Waals surface area contributed by atoms with Gasteiger partial charge in [-0.15, -0.1) is 0 Å². The highest BCUT2D eigenvalue weighted by Gasteiger charge is 2.12. The number of hydrogen-bond donors (Lipinski definition) is 2. The van der Waals surface area contributed by atoms with Gasteiger partial charge in [0.25, 0.3) is 5.91 Å². The summed E-state index contributed by atoms with van der Waals surface area (Å²) in [7, 11) is 3.01. The first kappa shape index (κ1) is 18.3. The quantitative estimate of drug-likeness (QED) is 0.683. The Kier molecular flexibility index (Phi) is 5.56. The average Bonchev–Trinajstić information content (AvgIpc) is 2.71. The third-order valence-electron chi connectivity index (χ3n) is 4.14. The van der Waals surface area contributed by atoms with Crippen LogP contribution >= 0.6 is 0 Å². The second-order valence-electron chi connectivity index (χ2n) is 5.93. The van der Waals surface area contributed by atoms with Crippen molar-refractivity contribution in [3.8, 4) is 11.5 Å². The molecular formula is C21H20N2O4. The number of nitrogens with one attached hydrogen (secondary N) is 2. The molecule has 138 valence electrons. The molecule has 0 saturated carbocycles. The molecule has 0 saturated heterocycles. The van der Waals surface area contributed by atoms with Crippen molar-refractivity contribution >= 4 is 22.6 Å². The van der Waals surface area contributed by atoms with Gasteiger partial charge < -0.3 is 9.47 Å². The van der Waals surface area contributed by atoms with Crippen LogP contribution in [-0.2, 0) is 11.2 Å². The number of methoxy groups -OCH3 is 2. The number of rotatable bonds is 5. The zero-order valence-corrected chi connectivity index (χ0v) is 15.1. The molecule has 0 atom stereocenters. The molecule has 2 amide bonds. The second kappa shape index (κ2) is 8.23. The predicted molar refractivity (Wildman–Crippen MR) is 103 cm³/mol. The van der Waals surface area contributed by atoms with Gasteiger partial charge in [-0.25, -0.2) is 0 Å². The van der Waals surface area contributed by atoms with Crippen molar-refractivity contribution in [3.63, 3.8) is 0 Å². The number of benzene rings is 3. The molecule has 2 N–H and O–H groups in total. The van der Waals surface area contributed by atoms with Crippen LogP contribution in [0.5, 0.6) is 11.5 Å². The lowest BCUT2D eigenvalue weighted by Gasteiger charge is -2.11. The average molecular weight is 364 g/mol. The van der Waals surface area contributed by atoms with E-state index < -0.39 is 5.91 Å². The highest BCUT2D eigenvalue weighted by molar-refractivity contribution is 5.96. The molecule has 0 heterocycles. The van der Waals surface area contributed by atoms with Crippen molar-refractivity contribution in [2.45, 2.75) is 6.42 Å². The van der Waals surface area contributed by atoms with Gasteiger partial charge in [0.05, 0.1) is 20.6 Å². The molecule has 0 bridgehead atoms. The largest absolute Gasteiger partial charge is 0.493 e. The van der Waals surface area contributed by atoms with Crippen molar-refractivity contribution in [3.05, 3.63) is 71.8 Å². The summed E-state index contributed by atoms with van der Waals surface area (Å²) in [5.74, 6) is 0.212. The maximum atomic E-state index is 12.2. The number of fused-ring (bicyclic) bond motifs is 1. The molecule has 6 nitrogen and oxygen atoms in total. The zero-order chi connectivity index (χ0) is 19.2. The summed E-state index contributed by atoms with van der Waals surface area (Å²) in [5.41, 5.74) is 6.06. The molecule has 0 unspecified atom stereocenters. The lowest BCUT2D eigenvalue weighted by Crippen LogP contribution is -2.42. The molecule has 0 aliphatic heterocycles. The Morgan fingerprint density at radius 3 is 2.30 bits per heavy atom. The van der Waals surface area contributed by atoms with Gasteiger partial charge in [-0.05, 0) is 34.5 Å². The third-order valence-corrected chi connectivity index (χ3v) is 4.14. The van der Waals surface area contributed by atoms with Gasteiger partial charge in [0.15, 0.2) is 11.5 Å². The number of hydrogen-bond acceptors (Lipinski definition) is 4. The van der Waals surface area contributed by atoms with Crippen LogP contribution in [0.25, 0.3) is 10.8 Å². The van der Waals surface area contributed by atoms with Gasteiger partial charge in [0.1, 0.15) is 0 Å². The molecule has 27 heavy (non-hydrogen) atoms. The summed E-state index contributed by atoms with van der Waals surface area (Å²) in [4.78, 5) is 24.4. The van der Waals surface area contributed by atoms with Crippen LogP contribution < -0.4 is 20.3 Å². The Labute approximate surface area is 157 Å². The van der Waals surface area contributed by atoms with E-state index in [9.17, 15) is 9.59 Å². The normalized spacial score (nSPS) is 10.3. The number of carbonyl (C=O) groups excluding carboxylic acids is 2. The van der Waals surface area contributed by atoms with E-state index in [0.29, 0.717) is 17.1 Å². The predicted octanol–water partition coefficient (Wildman–Crippen LogP) is 2.86. The van der Waals surface area contributed by atoms with Crippen LogP contribution in [0.15, 0.2) is 60.7 Å². The van der Waals surface area contributed by atoms with Crippen LogP contribution in [-0.4, -0.2) is 26.0 Å². The van der Waals surface area contributed by atoms with Gasteiger partial charge in [-0.3, -0.25) is 20.4 Å². The SMILES string of the molecule is COc1ccc(C(=O)NNC(=O)Cc2ccc3ccccc3c2)cc1OC. The van der Waals surface area contributed by atoms with Gasteiger partial charge in [-0.1, -0.05) is 42.5 Å². The van der Waals surface area contributed by atoms with Crippen molar-refractivity contribution in [2.24, 2.45) is 0 Å². The van der Waals surface area contributed by atoms with Gasteiger partial charge in [-0.2, -0.15) is 0 Å². The lowest BCUT2D eigenvalue weighted by molar-refractivity contribution is -0.121. The zero-order valence-electron chi connectivity index (χ0n) is 15.1. The summed E-state index contributed by atoms with van der Waals surface area (Å²) in [6.07, 6.45) is 0.164. The number of hydrazine groups is 1. The van der Waals surface area contributed by atoms with E-state index in [0.717, 1.165) is 16.3 Å². The van der Waals surface area contributed by atoms with Crippen molar-refractivity contribution in [2.75, 3.05) is 14.2 Å². The van der Waals surface area contributed by atoms with Crippen LogP contribution in [0.3, 0.4) is 0 Å². The van der Waals surface area contributed by atoms with E-state index in [1.807, 2.05) is 42.5 Å². The Bertz CT molecular complexity index is 985. The van der Waals surface area contributed by atoms with Gasteiger partial charge in [0.2, 0.25) is 5.91 Å². The Hall–Kier alpha value is -3.54. The highest BCUT2D eigenvalue weighted by atomic mass is 16.5.